The number of fused-ring (bicyclic) bond motifs is 1. The molecule has 0 saturated carbocycles. The topological polar surface area (TPSA) is 38.7 Å². The van der Waals surface area contributed by atoms with E-state index in [2.05, 4.69) is 22.6 Å². The van der Waals surface area contributed by atoms with Gasteiger partial charge in [-0.25, -0.2) is 0 Å². The van der Waals surface area contributed by atoms with E-state index in [0.717, 1.165) is 16.2 Å². The van der Waals surface area contributed by atoms with Gasteiger partial charge in [0.05, 0.1) is 5.60 Å². The van der Waals surface area contributed by atoms with Crippen molar-refractivity contribution in [3.63, 3.8) is 0 Å². The summed E-state index contributed by atoms with van der Waals surface area (Å²) in [5, 5.41) is 11.6. The van der Waals surface area contributed by atoms with Crippen molar-refractivity contribution < 1.29 is 14.4 Å². The minimum Gasteiger partial charge on any atom is -0.508 e. The quantitative estimate of drug-likeness (QED) is 0.468. The first-order valence-corrected chi connectivity index (χ1v) is 7.64. The van der Waals surface area contributed by atoms with Crippen LogP contribution < -0.4 is 5.46 Å². The lowest BCUT2D eigenvalue weighted by atomic mass is 9.78. The molecule has 1 heterocycles. The maximum atomic E-state index is 9.50. The highest BCUT2D eigenvalue weighted by atomic mass is 127. The summed E-state index contributed by atoms with van der Waals surface area (Å²) >= 11 is 2.29. The third kappa shape index (κ3) is 2.32. The molecule has 1 fully saturated rings. The Balaban J connectivity index is 1.98. The predicted molar refractivity (Wildman–Crippen MR) is 89.7 cm³/mol. The van der Waals surface area contributed by atoms with E-state index in [4.69, 9.17) is 9.31 Å². The van der Waals surface area contributed by atoms with Crippen LogP contribution in [0.3, 0.4) is 0 Å². The van der Waals surface area contributed by atoms with E-state index < -0.39 is 0 Å². The first kappa shape index (κ1) is 14.2. The van der Waals surface area contributed by atoms with Gasteiger partial charge in [0.25, 0.3) is 0 Å². The molecule has 1 saturated heterocycles. The van der Waals surface area contributed by atoms with E-state index in [1.807, 2.05) is 45.0 Å². The van der Waals surface area contributed by atoms with Crippen LogP contribution in [0.1, 0.15) is 20.8 Å². The summed E-state index contributed by atoms with van der Waals surface area (Å²) in [7, 11) is -0.356. The van der Waals surface area contributed by atoms with Gasteiger partial charge in [-0.1, -0.05) is 24.3 Å². The van der Waals surface area contributed by atoms with Gasteiger partial charge >= 0.3 is 7.12 Å². The van der Waals surface area contributed by atoms with Crippen molar-refractivity contribution in [2.75, 3.05) is 0 Å². The molecule has 1 unspecified atom stereocenters. The molecule has 0 aliphatic carbocycles. The van der Waals surface area contributed by atoms with Crippen LogP contribution in [0.4, 0.5) is 0 Å². The third-order valence-corrected chi connectivity index (χ3v) is 5.48. The van der Waals surface area contributed by atoms with Crippen molar-refractivity contribution >= 4 is 45.9 Å². The van der Waals surface area contributed by atoms with E-state index in [9.17, 15) is 5.11 Å². The average Bonchev–Trinajstić information content (AvgIpc) is 2.58. The Kier molecular flexibility index (Phi) is 3.27. The summed E-state index contributed by atoms with van der Waals surface area (Å²) in [6.45, 7) is 6.11. The molecule has 3 nitrogen and oxygen atoms in total. The van der Waals surface area contributed by atoms with Gasteiger partial charge in [0.2, 0.25) is 0 Å². The first-order valence-electron chi connectivity index (χ1n) is 6.56. The van der Waals surface area contributed by atoms with Gasteiger partial charge in [-0.15, -0.1) is 0 Å². The monoisotopic (exact) mass is 382 g/mol. The minimum atomic E-state index is -0.362. The summed E-state index contributed by atoms with van der Waals surface area (Å²) in [6.07, 6.45) is 0. The van der Waals surface area contributed by atoms with Crippen LogP contribution in [-0.2, 0) is 9.31 Å². The van der Waals surface area contributed by atoms with E-state index in [0.29, 0.717) is 0 Å². The molecule has 0 aromatic heterocycles. The number of rotatable bonds is 1. The van der Waals surface area contributed by atoms with Crippen LogP contribution in [0.5, 0.6) is 5.75 Å². The number of phenolic OH excluding ortho intramolecular Hbond substituents is 1. The van der Waals surface area contributed by atoms with Crippen molar-refractivity contribution in [2.24, 2.45) is 0 Å². The second-order valence-corrected chi connectivity index (χ2v) is 7.84. The fourth-order valence-electron chi connectivity index (χ4n) is 2.27. The van der Waals surface area contributed by atoms with Crippen molar-refractivity contribution in [3.05, 3.63) is 36.4 Å². The molecule has 1 N–H and O–H groups in total. The van der Waals surface area contributed by atoms with Crippen molar-refractivity contribution in [3.8, 4) is 5.75 Å². The molecule has 0 spiro atoms. The van der Waals surface area contributed by atoms with Gasteiger partial charge in [0.1, 0.15) is 9.36 Å². The van der Waals surface area contributed by atoms with Crippen molar-refractivity contribution in [1.82, 2.24) is 0 Å². The second-order valence-electron chi connectivity index (χ2n) is 5.79. The van der Waals surface area contributed by atoms with Gasteiger partial charge in [-0.3, -0.25) is 0 Å². The van der Waals surface area contributed by atoms with E-state index in [1.165, 1.54) is 0 Å². The summed E-state index contributed by atoms with van der Waals surface area (Å²) in [5.74, 6) is 0.277. The number of benzene rings is 2. The lowest BCUT2D eigenvalue weighted by molar-refractivity contribution is 0.0726. The lowest BCUT2D eigenvalue weighted by Crippen LogP contribution is -2.38. The third-order valence-electron chi connectivity index (χ3n) is 3.93. The zero-order chi connectivity index (χ0) is 14.5. The van der Waals surface area contributed by atoms with Crippen LogP contribution in [0.2, 0.25) is 0 Å². The Morgan fingerprint density at radius 1 is 1.00 bits per heavy atom. The van der Waals surface area contributed by atoms with Gasteiger partial charge in [-0.05, 0) is 71.7 Å². The number of aromatic hydroxyl groups is 1. The average molecular weight is 382 g/mol. The largest absolute Gasteiger partial charge is 0.508 e. The molecular weight excluding hydrogens is 366 g/mol. The first-order chi connectivity index (χ1) is 9.28. The molecule has 20 heavy (non-hydrogen) atoms. The zero-order valence-electron chi connectivity index (χ0n) is 11.7. The maximum absolute atomic E-state index is 9.50. The van der Waals surface area contributed by atoms with Crippen molar-refractivity contribution in [2.45, 2.75) is 30.0 Å². The van der Waals surface area contributed by atoms with Crippen LogP contribution in [0.25, 0.3) is 10.8 Å². The lowest BCUT2D eigenvalue weighted by Gasteiger charge is -2.30. The predicted octanol–water partition coefficient (Wildman–Crippen LogP) is 3.22. The molecule has 0 radical (unpaired) electrons. The van der Waals surface area contributed by atoms with Crippen LogP contribution in [0.15, 0.2) is 36.4 Å². The van der Waals surface area contributed by atoms with Gasteiger partial charge in [0, 0.05) is 0 Å². The van der Waals surface area contributed by atoms with E-state index in [1.54, 1.807) is 12.1 Å². The fraction of sp³-hybridized carbons (Fsp3) is 0.333. The smallest absolute Gasteiger partial charge is 0.495 e. The number of halogens is 1. The molecule has 1 atom stereocenters. The fourth-order valence-corrected chi connectivity index (χ4v) is 2.63. The molecule has 5 heteroatoms. The molecule has 1 aliphatic heterocycles. The van der Waals surface area contributed by atoms with Crippen LogP contribution in [-0.4, -0.2) is 21.4 Å². The Hall–Kier alpha value is -0.785. The Labute approximate surface area is 132 Å². The molecule has 104 valence electrons. The maximum Gasteiger partial charge on any atom is 0.495 e. The summed E-state index contributed by atoms with van der Waals surface area (Å²) in [6, 6.07) is 11.4. The Morgan fingerprint density at radius 3 is 2.30 bits per heavy atom. The zero-order valence-corrected chi connectivity index (χ0v) is 13.8. The molecule has 2 aromatic carbocycles. The summed E-state index contributed by atoms with van der Waals surface area (Å²) in [4.78, 5) is 0. The minimum absolute atomic E-state index is 0.277. The van der Waals surface area contributed by atoms with Crippen LogP contribution in [0, 0.1) is 0 Å². The highest BCUT2D eigenvalue weighted by Crippen LogP contribution is 2.42. The molecule has 1 aliphatic rings. The van der Waals surface area contributed by atoms with Gasteiger partial charge in [-0.2, -0.15) is 0 Å². The molecule has 3 rings (SSSR count). The van der Waals surface area contributed by atoms with Gasteiger partial charge in [0.15, 0.2) is 0 Å². The van der Waals surface area contributed by atoms with Crippen LogP contribution >= 0.6 is 22.6 Å². The normalized spacial score (nSPS) is 25.3. The highest BCUT2D eigenvalue weighted by Gasteiger charge is 2.53. The van der Waals surface area contributed by atoms with E-state index >= 15 is 0 Å². The SMILES string of the molecule is CC1(C)OB(c2ccc3cc(O)ccc3c2)OC1(C)I. The summed E-state index contributed by atoms with van der Waals surface area (Å²) in [5.41, 5.74) is 0.652. The second kappa shape index (κ2) is 4.61. The Bertz CT molecular complexity index is 653. The highest BCUT2D eigenvalue weighted by molar-refractivity contribution is 14.1. The Morgan fingerprint density at radius 2 is 1.65 bits per heavy atom. The standard InChI is InChI=1S/C15H16BIO3/c1-14(2)15(3,17)20-16(19-14)12-6-4-11-9-13(18)7-5-10(11)8-12/h4-9,18H,1-3H3. The molecule has 0 amide bonds. The van der Waals surface area contributed by atoms with E-state index in [-0.39, 0.29) is 22.1 Å². The molecule has 2 aromatic rings. The number of phenols is 1. The molecule has 0 bridgehead atoms. The number of hydrogen-bond donors (Lipinski definition) is 1. The summed E-state index contributed by atoms with van der Waals surface area (Å²) < 4.78 is 11.7. The van der Waals surface area contributed by atoms with Gasteiger partial charge < -0.3 is 14.4 Å². The molecular formula is C15H16BIO3. The van der Waals surface area contributed by atoms with Crippen molar-refractivity contribution in [1.29, 1.82) is 0 Å². The number of alkyl halides is 1. The number of hydrogen-bond acceptors (Lipinski definition) is 3.